The molecule has 1 aromatic heterocycles. The molecule has 0 unspecified atom stereocenters. The summed E-state index contributed by atoms with van der Waals surface area (Å²) in [7, 11) is 0. The number of furan rings is 1. The number of carbonyl (C=O) groups is 1. The number of hydrogen-bond donors (Lipinski definition) is 1. The zero-order valence-corrected chi connectivity index (χ0v) is 12.7. The molecule has 22 heavy (non-hydrogen) atoms. The largest absolute Gasteiger partial charge is 0.481 e. The molecule has 0 bridgehead atoms. The van der Waals surface area contributed by atoms with Crippen molar-refractivity contribution in [2.24, 2.45) is 5.92 Å². The number of rotatable bonds is 4. The van der Waals surface area contributed by atoms with Crippen molar-refractivity contribution >= 4 is 5.97 Å². The first kappa shape index (κ1) is 14.9. The van der Waals surface area contributed by atoms with E-state index in [0.29, 0.717) is 6.54 Å². The highest BCUT2D eigenvalue weighted by Gasteiger charge is 2.33. The van der Waals surface area contributed by atoms with Crippen LogP contribution in [-0.2, 0) is 11.3 Å². The van der Waals surface area contributed by atoms with Crippen LogP contribution in [0.15, 0.2) is 46.9 Å². The highest BCUT2D eigenvalue weighted by Crippen LogP contribution is 2.27. The van der Waals surface area contributed by atoms with Gasteiger partial charge in [-0.3, -0.25) is 9.69 Å². The minimum atomic E-state index is -0.693. The Labute approximate surface area is 130 Å². The normalized spacial score (nSPS) is 22.6. The summed E-state index contributed by atoms with van der Waals surface area (Å²) in [4.78, 5) is 13.5. The van der Waals surface area contributed by atoms with Crippen LogP contribution in [0.4, 0.5) is 0 Å². The van der Waals surface area contributed by atoms with Crippen molar-refractivity contribution in [2.45, 2.75) is 32.4 Å². The monoisotopic (exact) mass is 299 g/mol. The maximum Gasteiger partial charge on any atom is 0.308 e. The molecule has 116 valence electrons. The summed E-state index contributed by atoms with van der Waals surface area (Å²) in [6.07, 6.45) is 1.69. The summed E-state index contributed by atoms with van der Waals surface area (Å²) >= 11 is 0. The third-order valence-corrected chi connectivity index (χ3v) is 4.51. The summed E-state index contributed by atoms with van der Waals surface area (Å²) in [5.41, 5.74) is 1.06. The van der Waals surface area contributed by atoms with Crippen molar-refractivity contribution in [2.75, 3.05) is 6.54 Å². The van der Waals surface area contributed by atoms with E-state index in [1.54, 1.807) is 0 Å². The molecule has 4 heteroatoms. The topological polar surface area (TPSA) is 53.7 Å². The first-order valence-corrected chi connectivity index (χ1v) is 7.76. The highest BCUT2D eigenvalue weighted by atomic mass is 16.4. The lowest BCUT2D eigenvalue weighted by Gasteiger charge is -2.36. The van der Waals surface area contributed by atoms with E-state index in [9.17, 15) is 9.90 Å². The smallest absolute Gasteiger partial charge is 0.308 e. The van der Waals surface area contributed by atoms with Gasteiger partial charge in [-0.15, -0.1) is 0 Å². The Morgan fingerprint density at radius 2 is 2.05 bits per heavy atom. The lowest BCUT2D eigenvalue weighted by Crippen LogP contribution is -2.45. The van der Waals surface area contributed by atoms with Crippen molar-refractivity contribution in [3.8, 4) is 11.3 Å². The molecule has 2 aromatic rings. The number of hydrogen-bond acceptors (Lipinski definition) is 3. The van der Waals surface area contributed by atoms with Crippen molar-refractivity contribution < 1.29 is 14.3 Å². The first-order chi connectivity index (χ1) is 10.6. The Morgan fingerprint density at radius 1 is 1.27 bits per heavy atom. The molecule has 3 rings (SSSR count). The van der Waals surface area contributed by atoms with Gasteiger partial charge in [0, 0.05) is 11.6 Å². The van der Waals surface area contributed by atoms with Gasteiger partial charge in [-0.2, -0.15) is 0 Å². The molecule has 0 saturated carbocycles. The molecule has 0 spiro atoms. The van der Waals surface area contributed by atoms with E-state index in [0.717, 1.165) is 36.5 Å². The maximum absolute atomic E-state index is 11.3. The molecule has 1 aliphatic heterocycles. The standard InChI is InChI=1S/C18H21NO3/c1-13-16(18(20)21)8-5-11-19(13)12-15-9-10-17(22-15)14-6-3-2-4-7-14/h2-4,6-7,9-10,13,16H,5,8,11-12H2,1H3,(H,20,21)/t13-,16-/m1/s1. The number of benzene rings is 1. The van der Waals surface area contributed by atoms with E-state index in [-0.39, 0.29) is 12.0 Å². The van der Waals surface area contributed by atoms with Gasteiger partial charge in [0.05, 0.1) is 12.5 Å². The molecule has 1 N–H and O–H groups in total. The predicted molar refractivity (Wildman–Crippen MR) is 84.4 cm³/mol. The minimum Gasteiger partial charge on any atom is -0.481 e. The van der Waals surface area contributed by atoms with Gasteiger partial charge < -0.3 is 9.52 Å². The van der Waals surface area contributed by atoms with Crippen LogP contribution in [0.2, 0.25) is 0 Å². The van der Waals surface area contributed by atoms with E-state index < -0.39 is 5.97 Å². The Morgan fingerprint density at radius 3 is 2.77 bits per heavy atom. The lowest BCUT2D eigenvalue weighted by atomic mass is 9.90. The van der Waals surface area contributed by atoms with E-state index in [4.69, 9.17) is 4.42 Å². The number of carboxylic acid groups (broad SMARTS) is 1. The average molecular weight is 299 g/mol. The summed E-state index contributed by atoms with van der Waals surface area (Å²) in [6.45, 7) is 3.59. The fraction of sp³-hybridized carbons (Fsp3) is 0.389. The highest BCUT2D eigenvalue weighted by molar-refractivity contribution is 5.71. The number of likely N-dealkylation sites (tertiary alicyclic amines) is 1. The molecular formula is C18H21NO3. The quantitative estimate of drug-likeness (QED) is 0.936. The average Bonchev–Trinajstić information content (AvgIpc) is 2.98. The van der Waals surface area contributed by atoms with Gasteiger partial charge >= 0.3 is 5.97 Å². The number of piperidine rings is 1. The van der Waals surface area contributed by atoms with Crippen molar-refractivity contribution in [1.82, 2.24) is 4.90 Å². The van der Waals surface area contributed by atoms with Gasteiger partial charge in [0.2, 0.25) is 0 Å². The lowest BCUT2D eigenvalue weighted by molar-refractivity contribution is -0.145. The Kier molecular flexibility index (Phi) is 4.29. The second-order valence-corrected chi connectivity index (χ2v) is 5.93. The fourth-order valence-corrected chi connectivity index (χ4v) is 3.19. The van der Waals surface area contributed by atoms with Crippen LogP contribution < -0.4 is 0 Å². The summed E-state index contributed by atoms with van der Waals surface area (Å²) < 4.78 is 5.93. The molecule has 0 amide bonds. The van der Waals surface area contributed by atoms with Crippen LogP contribution >= 0.6 is 0 Å². The van der Waals surface area contributed by atoms with Gasteiger partial charge in [0.1, 0.15) is 11.5 Å². The van der Waals surface area contributed by atoms with E-state index in [2.05, 4.69) is 4.90 Å². The van der Waals surface area contributed by atoms with E-state index in [1.807, 2.05) is 49.4 Å². The predicted octanol–water partition coefficient (Wildman–Crippen LogP) is 3.63. The van der Waals surface area contributed by atoms with Crippen LogP contribution in [0.5, 0.6) is 0 Å². The zero-order chi connectivity index (χ0) is 15.5. The molecule has 1 aromatic carbocycles. The molecule has 1 fully saturated rings. The third-order valence-electron chi connectivity index (χ3n) is 4.51. The molecule has 1 aliphatic rings. The second kappa shape index (κ2) is 6.36. The summed E-state index contributed by atoms with van der Waals surface area (Å²) in [6, 6.07) is 14.0. The van der Waals surface area contributed by atoms with Crippen LogP contribution in [-0.4, -0.2) is 28.6 Å². The minimum absolute atomic E-state index is 0.0384. The van der Waals surface area contributed by atoms with Gasteiger partial charge in [-0.1, -0.05) is 30.3 Å². The maximum atomic E-state index is 11.3. The molecule has 0 radical (unpaired) electrons. The molecule has 0 aliphatic carbocycles. The van der Waals surface area contributed by atoms with Crippen molar-refractivity contribution in [3.05, 3.63) is 48.2 Å². The van der Waals surface area contributed by atoms with Gasteiger partial charge in [-0.05, 0) is 38.4 Å². The molecule has 2 atom stereocenters. The Balaban J connectivity index is 1.71. The van der Waals surface area contributed by atoms with Gasteiger partial charge in [-0.25, -0.2) is 0 Å². The molecule has 2 heterocycles. The van der Waals surface area contributed by atoms with Crippen LogP contribution in [0.3, 0.4) is 0 Å². The Bertz CT molecular complexity index is 635. The molecule has 4 nitrogen and oxygen atoms in total. The van der Waals surface area contributed by atoms with Crippen molar-refractivity contribution in [3.63, 3.8) is 0 Å². The fourth-order valence-electron chi connectivity index (χ4n) is 3.19. The zero-order valence-electron chi connectivity index (χ0n) is 12.7. The van der Waals surface area contributed by atoms with Gasteiger partial charge in [0.15, 0.2) is 0 Å². The number of carboxylic acids is 1. The van der Waals surface area contributed by atoms with Crippen molar-refractivity contribution in [1.29, 1.82) is 0 Å². The van der Waals surface area contributed by atoms with E-state index >= 15 is 0 Å². The summed E-state index contributed by atoms with van der Waals surface area (Å²) in [5.74, 6) is 0.769. The van der Waals surface area contributed by atoms with Crippen LogP contribution in [0.25, 0.3) is 11.3 Å². The van der Waals surface area contributed by atoms with Crippen LogP contribution in [0.1, 0.15) is 25.5 Å². The van der Waals surface area contributed by atoms with E-state index in [1.165, 1.54) is 0 Å². The number of nitrogens with zero attached hydrogens (tertiary/aromatic N) is 1. The molecule has 1 saturated heterocycles. The second-order valence-electron chi connectivity index (χ2n) is 5.93. The first-order valence-electron chi connectivity index (χ1n) is 7.76. The molecular weight excluding hydrogens is 278 g/mol. The third kappa shape index (κ3) is 3.07. The van der Waals surface area contributed by atoms with Gasteiger partial charge in [0.25, 0.3) is 0 Å². The SMILES string of the molecule is C[C@@H]1[C@H](C(=O)O)CCCN1Cc1ccc(-c2ccccc2)o1. The summed E-state index contributed by atoms with van der Waals surface area (Å²) in [5, 5.41) is 9.30. The number of aliphatic carboxylic acids is 1. The van der Waals surface area contributed by atoms with Crippen LogP contribution in [0, 0.1) is 5.92 Å². The Hall–Kier alpha value is -2.07.